The van der Waals surface area contributed by atoms with E-state index in [1.807, 2.05) is 0 Å². The van der Waals surface area contributed by atoms with Gasteiger partial charge in [0, 0.05) is 19.1 Å². The number of hydrogen-bond donors (Lipinski definition) is 2. The van der Waals surface area contributed by atoms with Crippen molar-refractivity contribution in [3.8, 4) is 0 Å². The molecule has 28 heavy (non-hydrogen) atoms. The van der Waals surface area contributed by atoms with Crippen LogP contribution < -0.4 is 10.6 Å². The smallest absolute Gasteiger partial charge is 0.245 e. The highest BCUT2D eigenvalue weighted by molar-refractivity contribution is 7.89. The predicted octanol–water partition coefficient (Wildman–Crippen LogP) is 0.487. The standard InChI is InChI=1S/C17H21N5O4S2/c23-15(19-12-6-7-12)9-18-17(24)11-3-2-8-22(10-11)28(25,26)14-5-1-4-13-16(14)21-27-20-13/h1,4-5,11-12H,2-3,6-10H2,(H,18,24)(H,19,23)/t11-/m1/s1. The average molecular weight is 424 g/mol. The van der Waals surface area contributed by atoms with Crippen LogP contribution in [0, 0.1) is 5.92 Å². The summed E-state index contributed by atoms with van der Waals surface area (Å²) in [6, 6.07) is 5.12. The van der Waals surface area contributed by atoms with Crippen LogP contribution in [0.3, 0.4) is 0 Å². The molecule has 0 bridgehead atoms. The topological polar surface area (TPSA) is 121 Å². The van der Waals surface area contributed by atoms with Crippen LogP contribution in [0.5, 0.6) is 0 Å². The summed E-state index contributed by atoms with van der Waals surface area (Å²) in [5.74, 6) is -0.983. The van der Waals surface area contributed by atoms with Gasteiger partial charge in [0.15, 0.2) is 0 Å². The first-order valence-electron chi connectivity index (χ1n) is 9.23. The van der Waals surface area contributed by atoms with Gasteiger partial charge in [0.25, 0.3) is 0 Å². The van der Waals surface area contributed by atoms with Crippen molar-refractivity contribution < 1.29 is 18.0 Å². The first-order valence-corrected chi connectivity index (χ1v) is 11.4. The number of fused-ring (bicyclic) bond motifs is 1. The number of nitrogens with one attached hydrogen (secondary N) is 2. The summed E-state index contributed by atoms with van der Waals surface area (Å²) in [5, 5.41) is 5.44. The van der Waals surface area contributed by atoms with Crippen molar-refractivity contribution in [1.82, 2.24) is 23.7 Å². The third kappa shape index (κ3) is 4.01. The van der Waals surface area contributed by atoms with Gasteiger partial charge in [-0.1, -0.05) is 6.07 Å². The molecule has 0 unspecified atom stereocenters. The molecule has 1 aromatic heterocycles. The van der Waals surface area contributed by atoms with Gasteiger partial charge < -0.3 is 10.6 Å². The van der Waals surface area contributed by atoms with Gasteiger partial charge in [-0.3, -0.25) is 9.59 Å². The lowest BCUT2D eigenvalue weighted by molar-refractivity contribution is -0.129. The number of hydrogen-bond acceptors (Lipinski definition) is 7. The highest BCUT2D eigenvalue weighted by Crippen LogP contribution is 2.28. The first kappa shape index (κ1) is 19.2. The van der Waals surface area contributed by atoms with Crippen LogP contribution in [-0.2, 0) is 19.6 Å². The van der Waals surface area contributed by atoms with Crippen molar-refractivity contribution >= 4 is 44.6 Å². The Morgan fingerprint density at radius 2 is 2.04 bits per heavy atom. The zero-order valence-electron chi connectivity index (χ0n) is 15.1. The van der Waals surface area contributed by atoms with Crippen molar-refractivity contribution in [3.63, 3.8) is 0 Å². The van der Waals surface area contributed by atoms with E-state index in [-0.39, 0.29) is 35.8 Å². The Morgan fingerprint density at radius 1 is 1.21 bits per heavy atom. The maximum atomic E-state index is 13.1. The van der Waals surface area contributed by atoms with Crippen LogP contribution in [-0.4, -0.2) is 59.0 Å². The van der Waals surface area contributed by atoms with E-state index in [2.05, 4.69) is 19.4 Å². The molecule has 1 aliphatic heterocycles. The number of benzene rings is 1. The van der Waals surface area contributed by atoms with Gasteiger partial charge in [-0.05, 0) is 37.8 Å². The van der Waals surface area contributed by atoms with E-state index in [9.17, 15) is 18.0 Å². The molecule has 0 radical (unpaired) electrons. The molecular weight excluding hydrogens is 402 g/mol. The molecule has 1 aromatic carbocycles. The molecule has 2 amide bonds. The monoisotopic (exact) mass is 423 g/mol. The Kier molecular flexibility index (Phi) is 5.30. The Hall–Kier alpha value is -2.11. The molecule has 2 heterocycles. The Balaban J connectivity index is 1.43. The summed E-state index contributed by atoms with van der Waals surface area (Å²) in [7, 11) is -3.79. The lowest BCUT2D eigenvalue weighted by Crippen LogP contribution is -2.47. The van der Waals surface area contributed by atoms with E-state index in [0.717, 1.165) is 24.6 Å². The van der Waals surface area contributed by atoms with Gasteiger partial charge >= 0.3 is 0 Å². The van der Waals surface area contributed by atoms with Gasteiger partial charge in [-0.15, -0.1) is 0 Å². The van der Waals surface area contributed by atoms with Crippen LogP contribution in [0.15, 0.2) is 23.1 Å². The predicted molar refractivity (Wildman–Crippen MR) is 103 cm³/mol. The van der Waals surface area contributed by atoms with Gasteiger partial charge in [-0.25, -0.2) is 8.42 Å². The lowest BCUT2D eigenvalue weighted by Gasteiger charge is -2.31. The zero-order chi connectivity index (χ0) is 19.7. The van der Waals surface area contributed by atoms with Gasteiger partial charge in [0.05, 0.1) is 24.2 Å². The fraction of sp³-hybridized carbons (Fsp3) is 0.529. The Morgan fingerprint density at radius 3 is 2.82 bits per heavy atom. The second-order valence-electron chi connectivity index (χ2n) is 7.15. The van der Waals surface area contributed by atoms with E-state index >= 15 is 0 Å². The number of carbonyl (C=O) groups excluding carboxylic acids is 2. The maximum Gasteiger partial charge on any atom is 0.245 e. The number of sulfonamides is 1. The minimum absolute atomic E-state index is 0.0810. The highest BCUT2D eigenvalue weighted by Gasteiger charge is 2.35. The Labute approximate surface area is 166 Å². The fourth-order valence-electron chi connectivity index (χ4n) is 3.32. The molecule has 2 fully saturated rings. The molecule has 1 saturated carbocycles. The summed E-state index contributed by atoms with van der Waals surface area (Å²) >= 11 is 0.968. The molecule has 4 rings (SSSR count). The fourth-order valence-corrected chi connectivity index (χ4v) is 5.60. The molecule has 2 aliphatic rings. The maximum absolute atomic E-state index is 13.1. The van der Waals surface area contributed by atoms with E-state index in [1.54, 1.807) is 12.1 Å². The highest BCUT2D eigenvalue weighted by atomic mass is 32.2. The van der Waals surface area contributed by atoms with Crippen LogP contribution in [0.25, 0.3) is 11.0 Å². The lowest BCUT2D eigenvalue weighted by atomic mass is 9.99. The van der Waals surface area contributed by atoms with Crippen LogP contribution >= 0.6 is 11.7 Å². The van der Waals surface area contributed by atoms with Gasteiger partial charge in [0.2, 0.25) is 21.8 Å². The quantitative estimate of drug-likeness (QED) is 0.697. The van der Waals surface area contributed by atoms with Crippen molar-refractivity contribution in [1.29, 1.82) is 0 Å². The molecule has 1 saturated heterocycles. The number of carbonyl (C=O) groups is 2. The molecule has 2 aromatic rings. The second kappa shape index (κ2) is 7.72. The van der Waals surface area contributed by atoms with E-state index in [1.165, 1.54) is 10.4 Å². The Bertz CT molecular complexity index is 1000. The number of nitrogens with zero attached hydrogens (tertiary/aromatic N) is 3. The zero-order valence-corrected chi connectivity index (χ0v) is 16.8. The molecule has 11 heteroatoms. The third-order valence-corrected chi connectivity index (χ3v) is 7.43. The number of piperidine rings is 1. The molecule has 150 valence electrons. The largest absolute Gasteiger partial charge is 0.352 e. The van der Waals surface area contributed by atoms with Crippen molar-refractivity contribution in [2.45, 2.75) is 36.6 Å². The minimum Gasteiger partial charge on any atom is -0.352 e. The van der Waals surface area contributed by atoms with Gasteiger partial charge in [-0.2, -0.15) is 13.1 Å². The van der Waals surface area contributed by atoms with Crippen LogP contribution in [0.1, 0.15) is 25.7 Å². The normalized spacial score (nSPS) is 20.8. The summed E-state index contributed by atoms with van der Waals surface area (Å²) in [5.41, 5.74) is 0.898. The first-order chi connectivity index (χ1) is 13.4. The number of rotatable bonds is 6. The summed E-state index contributed by atoms with van der Waals surface area (Å²) < 4.78 is 35.8. The minimum atomic E-state index is -3.79. The molecule has 2 N–H and O–H groups in total. The van der Waals surface area contributed by atoms with Crippen molar-refractivity contribution in [2.75, 3.05) is 19.6 Å². The third-order valence-electron chi connectivity index (χ3n) is 4.99. The van der Waals surface area contributed by atoms with E-state index < -0.39 is 15.9 Å². The van der Waals surface area contributed by atoms with Crippen molar-refractivity contribution in [3.05, 3.63) is 18.2 Å². The molecule has 1 atom stereocenters. The molecule has 9 nitrogen and oxygen atoms in total. The molecule has 1 aliphatic carbocycles. The summed E-state index contributed by atoms with van der Waals surface area (Å²) in [6.45, 7) is 0.358. The van der Waals surface area contributed by atoms with E-state index in [4.69, 9.17) is 0 Å². The second-order valence-corrected chi connectivity index (χ2v) is 9.58. The SMILES string of the molecule is O=C(CNC(=O)[C@@H]1CCCN(S(=O)(=O)c2cccc3nsnc23)C1)NC1CC1. The molecular formula is C17H21N5O4S2. The van der Waals surface area contributed by atoms with E-state index in [0.29, 0.717) is 30.4 Å². The van der Waals surface area contributed by atoms with Crippen LogP contribution in [0.4, 0.5) is 0 Å². The number of aromatic nitrogens is 2. The number of amides is 2. The summed E-state index contributed by atoms with van der Waals surface area (Å²) in [4.78, 5) is 24.3. The van der Waals surface area contributed by atoms with Gasteiger partial charge in [0.1, 0.15) is 15.9 Å². The van der Waals surface area contributed by atoms with Crippen molar-refractivity contribution in [2.24, 2.45) is 5.92 Å². The average Bonchev–Trinajstić information content (AvgIpc) is 3.37. The molecule has 0 spiro atoms. The van der Waals surface area contributed by atoms with Crippen LogP contribution in [0.2, 0.25) is 0 Å². The summed E-state index contributed by atoms with van der Waals surface area (Å²) in [6.07, 6.45) is 3.13.